The third-order valence-electron chi connectivity index (χ3n) is 5.65. The average molecular weight is 469 g/mol. The quantitative estimate of drug-likeness (QED) is 0.525. The van der Waals surface area contributed by atoms with E-state index in [1.54, 1.807) is 18.2 Å². The number of carbonyl (C=O) groups is 2. The molecule has 3 N–H and O–H groups in total. The molecule has 1 heterocycles. The Balaban J connectivity index is 1.36. The Labute approximate surface area is 194 Å². The van der Waals surface area contributed by atoms with Crippen LogP contribution in [0, 0.1) is 17.5 Å². The Morgan fingerprint density at radius 1 is 0.941 bits per heavy atom. The van der Waals surface area contributed by atoms with Gasteiger partial charge in [0.05, 0.1) is 11.8 Å². The van der Waals surface area contributed by atoms with Gasteiger partial charge in [-0.25, -0.2) is 18.0 Å². The molecule has 0 saturated heterocycles. The largest absolute Gasteiger partial charge is 0.387 e. The van der Waals surface area contributed by atoms with Crippen LogP contribution in [0.25, 0.3) is 0 Å². The number of carbonyl (C=O) groups excluding carboxylic acids is 2. The fourth-order valence-electron chi connectivity index (χ4n) is 3.75. The molecule has 3 aromatic rings. The molecule has 176 valence electrons. The highest BCUT2D eigenvalue weighted by Gasteiger charge is 2.23. The number of urea groups is 1. The minimum absolute atomic E-state index is 0.0356. The highest BCUT2D eigenvalue weighted by atomic mass is 19.1. The number of halogens is 3. The second kappa shape index (κ2) is 9.96. The van der Waals surface area contributed by atoms with Gasteiger partial charge in [0.2, 0.25) is 0 Å². The Bertz CT molecular complexity index is 1220. The SMILES string of the molecule is O=C(NCC(O)c1ccc(F)cc1)c1ccc2c(c1)CCN(C(=O)Nc1cc(F)ccc1F)C2. The summed E-state index contributed by atoms with van der Waals surface area (Å²) >= 11 is 0. The van der Waals surface area contributed by atoms with Gasteiger partial charge in [-0.1, -0.05) is 18.2 Å². The van der Waals surface area contributed by atoms with Gasteiger partial charge < -0.3 is 20.6 Å². The first-order valence-electron chi connectivity index (χ1n) is 10.6. The number of anilines is 1. The third-order valence-corrected chi connectivity index (χ3v) is 5.65. The van der Waals surface area contributed by atoms with Crippen molar-refractivity contribution in [2.45, 2.75) is 19.1 Å². The summed E-state index contributed by atoms with van der Waals surface area (Å²) in [4.78, 5) is 26.5. The fraction of sp³-hybridized carbons (Fsp3) is 0.200. The molecule has 1 aliphatic heterocycles. The number of hydrogen-bond acceptors (Lipinski definition) is 3. The standard InChI is InChI=1S/C25H22F3N3O3/c26-19-5-3-15(4-6-19)23(32)13-29-24(33)17-1-2-18-14-31(10-9-16(18)11-17)25(34)30-22-12-20(27)7-8-21(22)28/h1-8,11-12,23,32H,9-10,13-14H2,(H,29,33)(H,30,34). The van der Waals surface area contributed by atoms with Crippen LogP contribution in [-0.2, 0) is 13.0 Å². The number of nitrogens with zero attached hydrogens (tertiary/aromatic N) is 1. The van der Waals surface area contributed by atoms with Crippen LogP contribution in [0.2, 0.25) is 0 Å². The van der Waals surface area contributed by atoms with Crippen LogP contribution in [0.4, 0.5) is 23.7 Å². The molecule has 34 heavy (non-hydrogen) atoms. The Hall–Kier alpha value is -3.85. The summed E-state index contributed by atoms with van der Waals surface area (Å²) in [6.45, 7) is 0.555. The normalized spacial score (nSPS) is 13.7. The number of aliphatic hydroxyl groups excluding tert-OH is 1. The van der Waals surface area contributed by atoms with E-state index < -0.39 is 29.6 Å². The molecule has 0 aromatic heterocycles. The van der Waals surface area contributed by atoms with E-state index in [2.05, 4.69) is 10.6 Å². The van der Waals surface area contributed by atoms with Crippen molar-refractivity contribution in [1.82, 2.24) is 10.2 Å². The summed E-state index contributed by atoms with van der Waals surface area (Å²) in [5, 5.41) is 15.2. The second-order valence-electron chi connectivity index (χ2n) is 7.99. The summed E-state index contributed by atoms with van der Waals surface area (Å²) in [5.41, 5.74) is 2.40. The molecule has 1 unspecified atom stereocenters. The van der Waals surface area contributed by atoms with Crippen LogP contribution in [0.1, 0.15) is 33.2 Å². The number of benzene rings is 3. The van der Waals surface area contributed by atoms with Crippen molar-refractivity contribution in [2.24, 2.45) is 0 Å². The second-order valence-corrected chi connectivity index (χ2v) is 7.99. The van der Waals surface area contributed by atoms with Gasteiger partial charge in [-0.2, -0.15) is 0 Å². The van der Waals surface area contributed by atoms with Crippen LogP contribution in [0.5, 0.6) is 0 Å². The molecule has 0 bridgehead atoms. The summed E-state index contributed by atoms with van der Waals surface area (Å²) in [5.74, 6) is -2.17. The van der Waals surface area contributed by atoms with E-state index in [0.29, 0.717) is 24.1 Å². The van der Waals surface area contributed by atoms with Gasteiger partial charge in [-0.3, -0.25) is 4.79 Å². The van der Waals surface area contributed by atoms with Crippen LogP contribution < -0.4 is 10.6 Å². The first-order valence-corrected chi connectivity index (χ1v) is 10.6. The van der Waals surface area contributed by atoms with Gasteiger partial charge in [-0.05, 0) is 59.5 Å². The average Bonchev–Trinajstić information content (AvgIpc) is 2.84. The first-order chi connectivity index (χ1) is 16.3. The Morgan fingerprint density at radius 3 is 2.44 bits per heavy atom. The van der Waals surface area contributed by atoms with Crippen LogP contribution in [0.15, 0.2) is 60.7 Å². The van der Waals surface area contributed by atoms with Crippen molar-refractivity contribution in [3.8, 4) is 0 Å². The zero-order valence-corrected chi connectivity index (χ0v) is 18.0. The summed E-state index contributed by atoms with van der Waals surface area (Å²) in [6, 6.07) is 12.8. The lowest BCUT2D eigenvalue weighted by Crippen LogP contribution is -2.39. The highest BCUT2D eigenvalue weighted by Crippen LogP contribution is 2.23. The van der Waals surface area contributed by atoms with Gasteiger partial charge in [0, 0.05) is 31.3 Å². The number of amides is 3. The molecular formula is C25H22F3N3O3. The van der Waals surface area contributed by atoms with Gasteiger partial charge in [0.25, 0.3) is 5.91 Å². The predicted molar refractivity (Wildman–Crippen MR) is 120 cm³/mol. The number of hydrogen-bond donors (Lipinski definition) is 3. The van der Waals surface area contributed by atoms with Crippen molar-refractivity contribution in [1.29, 1.82) is 0 Å². The lowest BCUT2D eigenvalue weighted by atomic mass is 9.97. The smallest absolute Gasteiger partial charge is 0.322 e. The van der Waals surface area contributed by atoms with Crippen molar-refractivity contribution >= 4 is 17.6 Å². The number of rotatable bonds is 5. The van der Waals surface area contributed by atoms with Crippen molar-refractivity contribution < 1.29 is 27.9 Å². The molecule has 9 heteroatoms. The number of aliphatic hydroxyl groups is 1. The molecule has 0 saturated carbocycles. The minimum Gasteiger partial charge on any atom is -0.387 e. The van der Waals surface area contributed by atoms with E-state index in [-0.39, 0.29) is 24.7 Å². The maximum atomic E-state index is 13.8. The van der Waals surface area contributed by atoms with Crippen molar-refractivity contribution in [3.63, 3.8) is 0 Å². The van der Waals surface area contributed by atoms with E-state index in [1.807, 2.05) is 0 Å². The zero-order chi connectivity index (χ0) is 24.2. The molecule has 4 rings (SSSR count). The van der Waals surface area contributed by atoms with Gasteiger partial charge in [-0.15, -0.1) is 0 Å². The van der Waals surface area contributed by atoms with Crippen LogP contribution in [0.3, 0.4) is 0 Å². The van der Waals surface area contributed by atoms with E-state index in [0.717, 1.165) is 29.3 Å². The first kappa shape index (κ1) is 23.3. The highest BCUT2D eigenvalue weighted by molar-refractivity contribution is 5.94. The number of fused-ring (bicyclic) bond motifs is 1. The maximum absolute atomic E-state index is 13.8. The Kier molecular flexibility index (Phi) is 6.83. The van der Waals surface area contributed by atoms with Gasteiger partial charge >= 0.3 is 6.03 Å². The molecule has 0 fully saturated rings. The molecule has 6 nitrogen and oxygen atoms in total. The molecule has 0 spiro atoms. The van der Waals surface area contributed by atoms with E-state index in [4.69, 9.17) is 0 Å². The molecule has 0 aliphatic carbocycles. The third kappa shape index (κ3) is 5.37. The van der Waals surface area contributed by atoms with Crippen LogP contribution >= 0.6 is 0 Å². The van der Waals surface area contributed by atoms with Crippen molar-refractivity contribution in [2.75, 3.05) is 18.4 Å². The van der Waals surface area contributed by atoms with Crippen LogP contribution in [-0.4, -0.2) is 35.0 Å². The molecule has 3 amide bonds. The van der Waals surface area contributed by atoms with Gasteiger partial charge in [0.15, 0.2) is 0 Å². The van der Waals surface area contributed by atoms with E-state index in [9.17, 15) is 27.9 Å². The van der Waals surface area contributed by atoms with E-state index >= 15 is 0 Å². The summed E-state index contributed by atoms with van der Waals surface area (Å²) in [7, 11) is 0. The summed E-state index contributed by atoms with van der Waals surface area (Å²) < 4.78 is 40.2. The number of nitrogens with one attached hydrogen (secondary N) is 2. The summed E-state index contributed by atoms with van der Waals surface area (Å²) in [6.07, 6.45) is -0.495. The molecule has 3 aromatic carbocycles. The molecular weight excluding hydrogens is 447 g/mol. The topological polar surface area (TPSA) is 81.7 Å². The fourth-order valence-corrected chi connectivity index (χ4v) is 3.75. The van der Waals surface area contributed by atoms with Gasteiger partial charge in [0.1, 0.15) is 17.5 Å². The van der Waals surface area contributed by atoms with E-state index in [1.165, 1.54) is 29.2 Å². The zero-order valence-electron chi connectivity index (χ0n) is 18.0. The Morgan fingerprint density at radius 2 is 1.68 bits per heavy atom. The molecule has 0 radical (unpaired) electrons. The lowest BCUT2D eigenvalue weighted by molar-refractivity contribution is 0.0916. The lowest BCUT2D eigenvalue weighted by Gasteiger charge is -2.29. The minimum atomic E-state index is -0.975. The monoisotopic (exact) mass is 469 g/mol. The molecule has 1 aliphatic rings. The predicted octanol–water partition coefficient (Wildman–Crippen LogP) is 4.16. The van der Waals surface area contributed by atoms with Crippen molar-refractivity contribution in [3.05, 3.63) is 100 Å². The maximum Gasteiger partial charge on any atom is 0.322 e. The molecule has 1 atom stereocenters.